The fourth-order valence-corrected chi connectivity index (χ4v) is 1.84. The maximum atomic E-state index is 5.40. The summed E-state index contributed by atoms with van der Waals surface area (Å²) in [5.74, 6) is 6.18. The van der Waals surface area contributed by atoms with Crippen molar-refractivity contribution < 1.29 is 9.57 Å². The zero-order chi connectivity index (χ0) is 12.1. The third kappa shape index (κ3) is 3.01. The first-order valence-corrected chi connectivity index (χ1v) is 5.40. The number of ether oxygens (including phenoxy) is 1. The second-order valence-electron chi connectivity index (χ2n) is 3.67. The Morgan fingerprint density at radius 2 is 1.56 bits per heavy atom. The summed E-state index contributed by atoms with van der Waals surface area (Å²) in [5, 5.41) is 0. The zero-order valence-corrected chi connectivity index (χ0v) is 10.9. The lowest BCUT2D eigenvalue weighted by Crippen LogP contribution is -2.11. The molecule has 0 aliphatic rings. The van der Waals surface area contributed by atoms with E-state index in [1.807, 2.05) is 54.6 Å². The molecule has 0 bridgehead atoms. The van der Waals surface area contributed by atoms with Gasteiger partial charge < -0.3 is 4.74 Å². The molecular formula is C14H16ClNO2. The summed E-state index contributed by atoms with van der Waals surface area (Å²) in [4.78, 5) is 5.08. The molecule has 0 aromatic heterocycles. The number of para-hydroxylation sites is 1. The van der Waals surface area contributed by atoms with Gasteiger partial charge in [0.1, 0.15) is 11.9 Å². The molecule has 0 aliphatic carbocycles. The first-order chi connectivity index (χ1) is 8.36. The molecule has 0 fully saturated rings. The van der Waals surface area contributed by atoms with Gasteiger partial charge >= 0.3 is 0 Å². The molecule has 1 unspecified atom stereocenters. The van der Waals surface area contributed by atoms with E-state index in [0.717, 1.165) is 16.9 Å². The summed E-state index contributed by atoms with van der Waals surface area (Å²) in [5.41, 5.74) is 1.92. The van der Waals surface area contributed by atoms with Crippen LogP contribution in [0.5, 0.6) is 5.75 Å². The van der Waals surface area contributed by atoms with Crippen molar-refractivity contribution in [3.05, 3.63) is 65.7 Å². The molecule has 2 aromatic rings. The Bertz CT molecular complexity index is 476. The molecule has 0 radical (unpaired) electrons. The topological polar surface area (TPSA) is 44.5 Å². The largest absolute Gasteiger partial charge is 0.496 e. The van der Waals surface area contributed by atoms with Crippen molar-refractivity contribution in [3.8, 4) is 5.75 Å². The lowest BCUT2D eigenvalue weighted by molar-refractivity contribution is 0.0795. The summed E-state index contributed by atoms with van der Waals surface area (Å²) in [6, 6.07) is 17.5. The second kappa shape index (κ2) is 7.01. The number of halogens is 1. The van der Waals surface area contributed by atoms with Crippen molar-refractivity contribution in [2.75, 3.05) is 7.11 Å². The number of rotatable bonds is 4. The third-order valence-electron chi connectivity index (χ3n) is 2.66. The molecule has 3 nitrogen and oxygen atoms in total. The van der Waals surface area contributed by atoms with Crippen LogP contribution in [0.2, 0.25) is 0 Å². The van der Waals surface area contributed by atoms with Crippen LogP contribution in [0.15, 0.2) is 54.6 Å². The highest BCUT2D eigenvalue weighted by Crippen LogP contribution is 2.31. The van der Waals surface area contributed by atoms with Gasteiger partial charge in [0, 0.05) is 5.56 Å². The van der Waals surface area contributed by atoms with E-state index < -0.39 is 0 Å². The van der Waals surface area contributed by atoms with E-state index in [1.165, 1.54) is 0 Å². The average molecular weight is 266 g/mol. The van der Waals surface area contributed by atoms with Gasteiger partial charge in [0.05, 0.1) is 7.11 Å². The van der Waals surface area contributed by atoms with Gasteiger partial charge in [-0.15, -0.1) is 12.4 Å². The SMILES string of the molecule is COc1ccccc1C(ON)c1ccccc1.Cl. The number of benzene rings is 2. The summed E-state index contributed by atoms with van der Waals surface area (Å²) >= 11 is 0. The molecule has 0 aliphatic heterocycles. The average Bonchev–Trinajstić information content (AvgIpc) is 2.41. The van der Waals surface area contributed by atoms with Crippen molar-refractivity contribution in [1.29, 1.82) is 0 Å². The third-order valence-corrected chi connectivity index (χ3v) is 2.66. The highest BCUT2D eigenvalue weighted by Gasteiger charge is 2.17. The number of hydrogen-bond acceptors (Lipinski definition) is 3. The first kappa shape index (κ1) is 14.5. The monoisotopic (exact) mass is 265 g/mol. The van der Waals surface area contributed by atoms with Gasteiger partial charge in [0.15, 0.2) is 0 Å². The van der Waals surface area contributed by atoms with Crippen LogP contribution in [0, 0.1) is 0 Å². The van der Waals surface area contributed by atoms with Crippen molar-refractivity contribution in [2.24, 2.45) is 5.90 Å². The molecule has 18 heavy (non-hydrogen) atoms. The summed E-state index contributed by atoms with van der Waals surface area (Å²) in [6.07, 6.45) is -0.313. The van der Waals surface area contributed by atoms with E-state index in [9.17, 15) is 0 Å². The standard InChI is InChI=1S/C14H15NO2.ClH/c1-16-13-10-6-5-9-12(13)14(17-15)11-7-3-2-4-8-11;/h2-10,14H,15H2,1H3;1H. The van der Waals surface area contributed by atoms with Crippen molar-refractivity contribution >= 4 is 12.4 Å². The Morgan fingerprint density at radius 3 is 2.17 bits per heavy atom. The minimum absolute atomic E-state index is 0. The predicted octanol–water partition coefficient (Wildman–Crippen LogP) is 3.10. The van der Waals surface area contributed by atoms with Crippen LogP contribution in [-0.2, 0) is 4.84 Å². The Balaban J connectivity index is 0.00000162. The molecule has 2 rings (SSSR count). The lowest BCUT2D eigenvalue weighted by Gasteiger charge is -2.17. The van der Waals surface area contributed by atoms with Gasteiger partial charge in [-0.05, 0) is 11.6 Å². The predicted molar refractivity (Wildman–Crippen MR) is 73.8 cm³/mol. The number of hydrogen-bond donors (Lipinski definition) is 1. The van der Waals surface area contributed by atoms with Gasteiger partial charge in [-0.3, -0.25) is 4.84 Å². The molecular weight excluding hydrogens is 250 g/mol. The molecule has 0 amide bonds. The van der Waals surface area contributed by atoms with Crippen LogP contribution in [0.1, 0.15) is 17.2 Å². The molecule has 0 saturated heterocycles. The van der Waals surface area contributed by atoms with Gasteiger partial charge in [-0.25, -0.2) is 5.90 Å². The molecule has 2 N–H and O–H groups in total. The fraction of sp³-hybridized carbons (Fsp3) is 0.143. The lowest BCUT2D eigenvalue weighted by atomic mass is 10.0. The van der Waals surface area contributed by atoms with Crippen molar-refractivity contribution in [2.45, 2.75) is 6.10 Å². The van der Waals surface area contributed by atoms with Crippen LogP contribution in [0.3, 0.4) is 0 Å². The zero-order valence-electron chi connectivity index (χ0n) is 10.1. The van der Waals surface area contributed by atoms with E-state index in [1.54, 1.807) is 7.11 Å². The summed E-state index contributed by atoms with van der Waals surface area (Å²) < 4.78 is 5.31. The van der Waals surface area contributed by atoms with Gasteiger partial charge in [-0.2, -0.15) is 0 Å². The first-order valence-electron chi connectivity index (χ1n) is 5.40. The van der Waals surface area contributed by atoms with E-state index in [-0.39, 0.29) is 18.5 Å². The molecule has 2 aromatic carbocycles. The van der Waals surface area contributed by atoms with Crippen LogP contribution < -0.4 is 10.6 Å². The molecule has 4 heteroatoms. The van der Waals surface area contributed by atoms with Gasteiger partial charge in [0.2, 0.25) is 0 Å². The minimum Gasteiger partial charge on any atom is -0.496 e. The summed E-state index contributed by atoms with van der Waals surface area (Å²) in [6.45, 7) is 0. The second-order valence-corrected chi connectivity index (χ2v) is 3.67. The fourth-order valence-electron chi connectivity index (χ4n) is 1.84. The van der Waals surface area contributed by atoms with Crippen molar-refractivity contribution in [1.82, 2.24) is 0 Å². The maximum absolute atomic E-state index is 5.40. The van der Waals surface area contributed by atoms with E-state index in [4.69, 9.17) is 15.5 Å². The minimum atomic E-state index is -0.313. The maximum Gasteiger partial charge on any atom is 0.132 e. The quantitative estimate of drug-likeness (QED) is 0.864. The Kier molecular flexibility index (Phi) is 5.65. The Morgan fingerprint density at radius 1 is 0.944 bits per heavy atom. The van der Waals surface area contributed by atoms with Crippen LogP contribution in [0.25, 0.3) is 0 Å². The van der Waals surface area contributed by atoms with Crippen LogP contribution >= 0.6 is 12.4 Å². The number of methoxy groups -OCH3 is 1. The van der Waals surface area contributed by atoms with Crippen molar-refractivity contribution in [3.63, 3.8) is 0 Å². The highest BCUT2D eigenvalue weighted by molar-refractivity contribution is 5.85. The molecule has 1 atom stereocenters. The van der Waals surface area contributed by atoms with Gasteiger partial charge in [0.25, 0.3) is 0 Å². The summed E-state index contributed by atoms with van der Waals surface area (Å²) in [7, 11) is 1.64. The Hall–Kier alpha value is -1.55. The van der Waals surface area contributed by atoms with Gasteiger partial charge in [-0.1, -0.05) is 48.5 Å². The smallest absolute Gasteiger partial charge is 0.132 e. The Labute approximate surface area is 113 Å². The molecule has 0 saturated carbocycles. The normalized spacial score (nSPS) is 11.4. The van der Waals surface area contributed by atoms with E-state index in [2.05, 4.69) is 0 Å². The molecule has 0 spiro atoms. The number of nitrogens with two attached hydrogens (primary N) is 1. The molecule has 0 heterocycles. The highest BCUT2D eigenvalue weighted by atomic mass is 35.5. The van der Waals surface area contributed by atoms with Crippen LogP contribution in [0.4, 0.5) is 0 Å². The van der Waals surface area contributed by atoms with E-state index >= 15 is 0 Å². The molecule has 96 valence electrons. The van der Waals surface area contributed by atoms with Crippen LogP contribution in [-0.4, -0.2) is 7.11 Å². The van der Waals surface area contributed by atoms with E-state index in [0.29, 0.717) is 0 Å².